The van der Waals surface area contributed by atoms with Crippen molar-refractivity contribution in [2.75, 3.05) is 26.2 Å². The van der Waals surface area contributed by atoms with Gasteiger partial charge in [-0.1, -0.05) is 23.2 Å². The predicted octanol–water partition coefficient (Wildman–Crippen LogP) is 2.67. The summed E-state index contributed by atoms with van der Waals surface area (Å²) in [6.45, 7) is 2.86. The maximum Gasteiger partial charge on any atom is 0.170 e. The predicted molar refractivity (Wildman–Crippen MR) is 98.9 cm³/mol. The molecule has 0 amide bonds. The van der Waals surface area contributed by atoms with Gasteiger partial charge in [-0.2, -0.15) is 0 Å². The van der Waals surface area contributed by atoms with Crippen LogP contribution in [-0.2, 0) is 4.84 Å². The Hall–Kier alpha value is -0.720. The molecule has 0 spiro atoms. The van der Waals surface area contributed by atoms with Gasteiger partial charge >= 0.3 is 0 Å². The van der Waals surface area contributed by atoms with Gasteiger partial charge in [-0.05, 0) is 50.2 Å². The highest BCUT2D eigenvalue weighted by molar-refractivity contribution is 6.30. The molecule has 1 aromatic carbocycles. The summed E-state index contributed by atoms with van der Waals surface area (Å²) >= 11 is 5.81. The van der Waals surface area contributed by atoms with Crippen molar-refractivity contribution < 1.29 is 9.94 Å². The second-order valence-electron chi connectivity index (χ2n) is 5.29. The molecular weight excluding hydrogens is 361 g/mol. The lowest BCUT2D eigenvalue weighted by Crippen LogP contribution is -2.38. The van der Waals surface area contributed by atoms with Gasteiger partial charge in [0, 0.05) is 17.1 Å². The number of amidine groups is 1. The van der Waals surface area contributed by atoms with Crippen LogP contribution in [-0.4, -0.2) is 48.2 Å². The third-order valence-electron chi connectivity index (χ3n) is 3.49. The van der Waals surface area contributed by atoms with Gasteiger partial charge in [-0.3, -0.25) is 0 Å². The van der Waals surface area contributed by atoms with Gasteiger partial charge in [0.2, 0.25) is 0 Å². The Morgan fingerprint density at radius 2 is 1.83 bits per heavy atom. The van der Waals surface area contributed by atoms with Gasteiger partial charge in [0.25, 0.3) is 0 Å². The zero-order valence-corrected chi connectivity index (χ0v) is 15.2. The molecule has 1 aliphatic heterocycles. The molecule has 132 valence electrons. The standard InChI is InChI=1S/C15H22ClN3O2.2ClH/c16-13-6-4-12(5-7-13)15(17)18-21-11-14(20)10-19-8-2-1-3-9-19;;/h4-7,14,20H,1-3,8-11H2,(H2,17,18);2*1H. The van der Waals surface area contributed by atoms with Crippen molar-refractivity contribution in [1.29, 1.82) is 0 Å². The summed E-state index contributed by atoms with van der Waals surface area (Å²) in [5, 5.41) is 14.4. The molecule has 0 saturated carbocycles. The number of rotatable bonds is 6. The highest BCUT2D eigenvalue weighted by Gasteiger charge is 2.14. The molecule has 1 atom stereocenters. The van der Waals surface area contributed by atoms with Crippen LogP contribution in [0.1, 0.15) is 24.8 Å². The van der Waals surface area contributed by atoms with E-state index in [2.05, 4.69) is 10.1 Å². The second-order valence-corrected chi connectivity index (χ2v) is 5.73. The summed E-state index contributed by atoms with van der Waals surface area (Å²) in [5.41, 5.74) is 6.55. The summed E-state index contributed by atoms with van der Waals surface area (Å²) in [7, 11) is 0. The lowest BCUT2D eigenvalue weighted by molar-refractivity contribution is 0.0157. The van der Waals surface area contributed by atoms with Crippen molar-refractivity contribution in [3.8, 4) is 0 Å². The van der Waals surface area contributed by atoms with Crippen LogP contribution in [0.4, 0.5) is 0 Å². The average Bonchev–Trinajstić information content (AvgIpc) is 2.49. The van der Waals surface area contributed by atoms with Crippen LogP contribution in [0.5, 0.6) is 0 Å². The third-order valence-corrected chi connectivity index (χ3v) is 3.74. The molecule has 1 aromatic rings. The largest absolute Gasteiger partial charge is 0.391 e. The Morgan fingerprint density at radius 1 is 1.22 bits per heavy atom. The van der Waals surface area contributed by atoms with Gasteiger partial charge in [-0.25, -0.2) is 0 Å². The monoisotopic (exact) mass is 383 g/mol. The van der Waals surface area contributed by atoms with E-state index in [1.165, 1.54) is 19.3 Å². The lowest BCUT2D eigenvalue weighted by Gasteiger charge is -2.27. The topological polar surface area (TPSA) is 71.1 Å². The fraction of sp³-hybridized carbons (Fsp3) is 0.533. The maximum absolute atomic E-state index is 9.93. The minimum absolute atomic E-state index is 0. The van der Waals surface area contributed by atoms with Gasteiger partial charge < -0.3 is 20.6 Å². The number of hydrogen-bond acceptors (Lipinski definition) is 4. The van der Waals surface area contributed by atoms with Crippen LogP contribution in [0.3, 0.4) is 0 Å². The molecule has 8 heteroatoms. The summed E-state index contributed by atoms with van der Waals surface area (Å²) < 4.78 is 0. The van der Waals surface area contributed by atoms with Crippen LogP contribution < -0.4 is 5.73 Å². The van der Waals surface area contributed by atoms with E-state index < -0.39 is 6.10 Å². The van der Waals surface area contributed by atoms with Gasteiger partial charge in [0.15, 0.2) is 5.84 Å². The van der Waals surface area contributed by atoms with Crippen LogP contribution in [0.25, 0.3) is 0 Å². The number of nitrogens with two attached hydrogens (primary N) is 1. The van der Waals surface area contributed by atoms with Crippen LogP contribution in [0.15, 0.2) is 29.4 Å². The highest BCUT2D eigenvalue weighted by Crippen LogP contribution is 2.10. The normalized spacial score (nSPS) is 16.9. The smallest absolute Gasteiger partial charge is 0.170 e. The Kier molecular flexibility index (Phi) is 11.4. The number of nitrogens with zero attached hydrogens (tertiary/aromatic N) is 2. The number of aliphatic hydroxyl groups is 1. The molecule has 1 unspecified atom stereocenters. The number of hydrogen-bond donors (Lipinski definition) is 2. The van der Waals surface area contributed by atoms with E-state index in [9.17, 15) is 5.11 Å². The van der Waals surface area contributed by atoms with Crippen LogP contribution >= 0.6 is 36.4 Å². The Labute approximate surface area is 154 Å². The second kappa shape index (κ2) is 11.8. The summed E-state index contributed by atoms with van der Waals surface area (Å²) in [5.74, 6) is 0.275. The molecule has 1 fully saturated rings. The minimum Gasteiger partial charge on any atom is -0.391 e. The molecule has 5 nitrogen and oxygen atoms in total. The highest BCUT2D eigenvalue weighted by atomic mass is 35.5. The van der Waals surface area contributed by atoms with Crippen molar-refractivity contribution in [3.63, 3.8) is 0 Å². The first-order valence-corrected chi connectivity index (χ1v) is 7.65. The van der Waals surface area contributed by atoms with Gasteiger partial charge in [-0.15, -0.1) is 24.8 Å². The van der Waals surface area contributed by atoms with Crippen LogP contribution in [0.2, 0.25) is 5.02 Å². The van der Waals surface area contributed by atoms with Gasteiger partial charge in [0.1, 0.15) is 12.7 Å². The summed E-state index contributed by atoms with van der Waals surface area (Å²) in [6, 6.07) is 7.03. The van der Waals surface area contributed by atoms with Gasteiger partial charge in [0.05, 0.1) is 0 Å². The minimum atomic E-state index is -0.551. The Morgan fingerprint density at radius 3 is 2.43 bits per heavy atom. The first-order valence-electron chi connectivity index (χ1n) is 7.27. The van der Waals surface area contributed by atoms with E-state index in [-0.39, 0.29) is 37.3 Å². The van der Waals surface area contributed by atoms with Crippen molar-refractivity contribution in [3.05, 3.63) is 34.9 Å². The molecule has 0 aromatic heterocycles. The van der Waals surface area contributed by atoms with Crippen LogP contribution in [0, 0.1) is 0 Å². The number of aliphatic hydroxyl groups excluding tert-OH is 1. The molecule has 1 heterocycles. The first kappa shape index (κ1) is 22.3. The number of oxime groups is 1. The third kappa shape index (κ3) is 8.08. The van der Waals surface area contributed by atoms with Crippen molar-refractivity contribution >= 4 is 42.3 Å². The Bertz CT molecular complexity index is 466. The Balaban J connectivity index is 0.00000242. The van der Waals surface area contributed by atoms with E-state index in [0.717, 1.165) is 18.7 Å². The molecule has 2 rings (SSSR count). The first-order chi connectivity index (χ1) is 10.1. The SMILES string of the molecule is Cl.Cl.N/C(=N\OCC(O)CN1CCCCC1)c1ccc(Cl)cc1. The number of β-amino-alcohol motifs (C(OH)–C–C–N with tert-alkyl or cyclic N) is 1. The molecule has 3 N–H and O–H groups in total. The molecule has 0 aliphatic carbocycles. The summed E-state index contributed by atoms with van der Waals surface area (Å²) in [6.07, 6.45) is 3.14. The van der Waals surface area contributed by atoms with E-state index >= 15 is 0 Å². The van der Waals surface area contributed by atoms with E-state index in [1.807, 2.05) is 0 Å². The number of likely N-dealkylation sites (tertiary alicyclic amines) is 1. The molecule has 1 aliphatic rings. The number of benzene rings is 1. The van der Waals surface area contributed by atoms with Crippen molar-refractivity contribution in [2.45, 2.75) is 25.4 Å². The molecule has 1 saturated heterocycles. The van der Waals surface area contributed by atoms with Crippen molar-refractivity contribution in [2.24, 2.45) is 10.9 Å². The zero-order chi connectivity index (χ0) is 15.1. The fourth-order valence-corrected chi connectivity index (χ4v) is 2.48. The van der Waals surface area contributed by atoms with E-state index in [1.54, 1.807) is 24.3 Å². The van der Waals surface area contributed by atoms with E-state index in [0.29, 0.717) is 11.6 Å². The number of halogens is 3. The number of piperidine rings is 1. The molecule has 0 bridgehead atoms. The molecular formula is C15H24Cl3N3O2. The zero-order valence-electron chi connectivity index (χ0n) is 12.9. The van der Waals surface area contributed by atoms with E-state index in [4.69, 9.17) is 22.2 Å². The summed E-state index contributed by atoms with van der Waals surface area (Å²) in [4.78, 5) is 7.39. The molecule has 23 heavy (non-hydrogen) atoms. The lowest BCUT2D eigenvalue weighted by atomic mass is 10.1. The maximum atomic E-state index is 9.93. The molecule has 0 radical (unpaired) electrons. The average molecular weight is 385 g/mol. The quantitative estimate of drug-likeness (QED) is 0.449. The fourth-order valence-electron chi connectivity index (χ4n) is 2.36. The van der Waals surface area contributed by atoms with Crippen molar-refractivity contribution in [1.82, 2.24) is 4.90 Å².